The highest BCUT2D eigenvalue weighted by molar-refractivity contribution is 6.34. The van der Waals surface area contributed by atoms with Crippen LogP contribution >= 0.6 is 11.6 Å². The van der Waals surface area contributed by atoms with Crippen LogP contribution in [0.2, 0.25) is 5.02 Å². The Morgan fingerprint density at radius 1 is 1.33 bits per heavy atom. The average molecular weight is 347 g/mol. The molecule has 1 aliphatic heterocycles. The van der Waals surface area contributed by atoms with Crippen LogP contribution in [0.3, 0.4) is 0 Å². The molecule has 5 nitrogen and oxygen atoms in total. The molecule has 1 fully saturated rings. The number of nitrogens with one attached hydrogen (secondary N) is 1. The van der Waals surface area contributed by atoms with Crippen molar-refractivity contribution in [3.8, 4) is 0 Å². The molecular weight excluding hydrogens is 324 g/mol. The first-order valence-electron chi connectivity index (χ1n) is 8.32. The smallest absolute Gasteiger partial charge is 0.276 e. The Kier molecular flexibility index (Phi) is 5.21. The lowest BCUT2D eigenvalue weighted by molar-refractivity contribution is 0.0616. The van der Waals surface area contributed by atoms with Crippen molar-refractivity contribution in [3.63, 3.8) is 0 Å². The second-order valence-corrected chi connectivity index (χ2v) is 6.65. The van der Waals surface area contributed by atoms with Crippen molar-refractivity contribution in [2.24, 2.45) is 7.05 Å². The van der Waals surface area contributed by atoms with Crippen molar-refractivity contribution in [2.75, 3.05) is 13.1 Å². The number of halogens is 1. The van der Waals surface area contributed by atoms with E-state index in [-0.39, 0.29) is 11.9 Å². The van der Waals surface area contributed by atoms with E-state index in [0.717, 1.165) is 37.2 Å². The van der Waals surface area contributed by atoms with Crippen LogP contribution in [0.5, 0.6) is 0 Å². The summed E-state index contributed by atoms with van der Waals surface area (Å²) in [7, 11) is 1.81. The number of benzene rings is 1. The number of rotatable bonds is 4. The predicted octanol–water partition coefficient (Wildman–Crippen LogP) is 2.78. The van der Waals surface area contributed by atoms with Crippen molar-refractivity contribution in [1.82, 2.24) is 20.0 Å². The van der Waals surface area contributed by atoms with Gasteiger partial charge in [0, 0.05) is 19.6 Å². The summed E-state index contributed by atoms with van der Waals surface area (Å²) in [4.78, 5) is 15.1. The van der Waals surface area contributed by atoms with Crippen LogP contribution in [-0.4, -0.2) is 39.7 Å². The van der Waals surface area contributed by atoms with Crippen molar-refractivity contribution < 1.29 is 4.79 Å². The van der Waals surface area contributed by atoms with Crippen LogP contribution < -0.4 is 5.32 Å². The topological polar surface area (TPSA) is 50.2 Å². The predicted molar refractivity (Wildman–Crippen MR) is 95.2 cm³/mol. The van der Waals surface area contributed by atoms with Crippen LogP contribution in [0.4, 0.5) is 0 Å². The molecule has 0 spiro atoms. The summed E-state index contributed by atoms with van der Waals surface area (Å²) in [6, 6.07) is 10.3. The number of aromatic nitrogens is 2. The molecule has 128 valence electrons. The van der Waals surface area contributed by atoms with Gasteiger partial charge >= 0.3 is 0 Å². The molecule has 0 unspecified atom stereocenters. The zero-order valence-electron chi connectivity index (χ0n) is 14.1. The summed E-state index contributed by atoms with van der Waals surface area (Å²) in [6.07, 6.45) is 1.89. The number of nitrogens with zero attached hydrogens (tertiary/aromatic N) is 3. The second-order valence-electron chi connectivity index (χ2n) is 6.27. The highest BCUT2D eigenvalue weighted by Gasteiger charge is 2.30. The van der Waals surface area contributed by atoms with E-state index in [2.05, 4.69) is 10.4 Å². The van der Waals surface area contributed by atoms with E-state index in [4.69, 9.17) is 11.6 Å². The summed E-state index contributed by atoms with van der Waals surface area (Å²) in [5, 5.41) is 8.15. The zero-order chi connectivity index (χ0) is 17.1. The second kappa shape index (κ2) is 7.36. The van der Waals surface area contributed by atoms with Gasteiger partial charge in [-0.25, -0.2) is 0 Å². The van der Waals surface area contributed by atoms with Crippen LogP contribution in [0.1, 0.15) is 34.6 Å². The van der Waals surface area contributed by atoms with Gasteiger partial charge in [-0.05, 0) is 38.4 Å². The highest BCUT2D eigenvalue weighted by Crippen LogP contribution is 2.24. The summed E-state index contributed by atoms with van der Waals surface area (Å²) >= 11 is 6.35. The Balaban J connectivity index is 1.90. The van der Waals surface area contributed by atoms with Crippen LogP contribution in [0.25, 0.3) is 0 Å². The quantitative estimate of drug-likeness (QED) is 0.926. The number of hydrogen-bond donors (Lipinski definition) is 1. The van der Waals surface area contributed by atoms with Crippen molar-refractivity contribution >= 4 is 17.5 Å². The van der Waals surface area contributed by atoms with Crippen molar-refractivity contribution in [1.29, 1.82) is 0 Å². The van der Waals surface area contributed by atoms with Crippen LogP contribution in [0.15, 0.2) is 30.3 Å². The van der Waals surface area contributed by atoms with Crippen molar-refractivity contribution in [3.05, 3.63) is 52.3 Å². The normalized spacial score (nSPS) is 15.5. The first kappa shape index (κ1) is 17.0. The molecule has 0 aliphatic carbocycles. The lowest BCUT2D eigenvalue weighted by Crippen LogP contribution is -2.46. The van der Waals surface area contributed by atoms with E-state index < -0.39 is 0 Å². The molecule has 1 aliphatic rings. The van der Waals surface area contributed by atoms with Gasteiger partial charge in [0.25, 0.3) is 5.91 Å². The summed E-state index contributed by atoms with van der Waals surface area (Å²) in [5.74, 6) is -0.0838. The lowest BCUT2D eigenvalue weighted by Gasteiger charge is -2.34. The fraction of sp³-hybridized carbons (Fsp3) is 0.444. The summed E-state index contributed by atoms with van der Waals surface area (Å²) in [5.41, 5.74) is 2.28. The summed E-state index contributed by atoms with van der Waals surface area (Å²) < 4.78 is 1.67. The third-order valence-corrected chi connectivity index (χ3v) is 5.12. The number of amides is 1. The third kappa shape index (κ3) is 3.47. The van der Waals surface area contributed by atoms with Crippen molar-refractivity contribution in [2.45, 2.75) is 32.4 Å². The van der Waals surface area contributed by atoms with Gasteiger partial charge in [0.15, 0.2) is 5.69 Å². The Bertz CT molecular complexity index is 707. The molecule has 0 atom stereocenters. The van der Waals surface area contributed by atoms with Gasteiger partial charge in [-0.15, -0.1) is 0 Å². The van der Waals surface area contributed by atoms with E-state index in [9.17, 15) is 4.79 Å². The minimum atomic E-state index is -0.0838. The van der Waals surface area contributed by atoms with Gasteiger partial charge < -0.3 is 10.2 Å². The standard InChI is InChI=1S/C18H23ClN4O/c1-13-16(19)17(21-22(13)2)18(24)23(15-8-10-20-11-9-15)12-14-6-4-3-5-7-14/h3-7,15,20H,8-12H2,1-2H3. The number of carbonyl (C=O) groups is 1. The Morgan fingerprint density at radius 3 is 2.58 bits per heavy atom. The molecule has 2 heterocycles. The van der Waals surface area contributed by atoms with Gasteiger partial charge in [-0.2, -0.15) is 5.10 Å². The molecule has 1 aromatic heterocycles. The van der Waals surface area contributed by atoms with Crippen LogP contribution in [0, 0.1) is 6.92 Å². The maximum absolute atomic E-state index is 13.2. The molecule has 1 amide bonds. The van der Waals surface area contributed by atoms with Gasteiger partial charge in [-0.1, -0.05) is 41.9 Å². The van der Waals surface area contributed by atoms with Gasteiger partial charge in [0.1, 0.15) is 0 Å². The Morgan fingerprint density at radius 2 is 2.00 bits per heavy atom. The van der Waals surface area contributed by atoms with E-state index in [1.807, 2.05) is 49.2 Å². The molecule has 0 bridgehead atoms. The molecule has 3 rings (SSSR count). The fourth-order valence-electron chi connectivity index (χ4n) is 3.12. The van der Waals surface area contributed by atoms with Gasteiger partial charge in [-0.3, -0.25) is 9.48 Å². The average Bonchev–Trinajstić information content (AvgIpc) is 2.88. The molecular formula is C18H23ClN4O. The Hall–Kier alpha value is -1.85. The minimum Gasteiger partial charge on any atom is -0.330 e. The molecule has 24 heavy (non-hydrogen) atoms. The minimum absolute atomic E-state index is 0.0838. The maximum Gasteiger partial charge on any atom is 0.276 e. The van der Waals surface area contributed by atoms with Gasteiger partial charge in [0.05, 0.1) is 10.7 Å². The van der Waals surface area contributed by atoms with E-state index in [1.165, 1.54) is 0 Å². The molecule has 0 saturated carbocycles. The number of piperidine rings is 1. The molecule has 6 heteroatoms. The number of hydrogen-bond acceptors (Lipinski definition) is 3. The number of carbonyl (C=O) groups excluding carboxylic acids is 1. The van der Waals surface area contributed by atoms with Crippen LogP contribution in [-0.2, 0) is 13.6 Å². The van der Waals surface area contributed by atoms with E-state index >= 15 is 0 Å². The SMILES string of the molecule is Cc1c(Cl)c(C(=O)N(Cc2ccccc2)C2CCNCC2)nn1C. The number of aryl methyl sites for hydroxylation is 1. The van der Waals surface area contributed by atoms with E-state index in [0.29, 0.717) is 17.3 Å². The molecule has 1 saturated heterocycles. The first-order valence-corrected chi connectivity index (χ1v) is 8.70. The maximum atomic E-state index is 13.2. The van der Waals surface area contributed by atoms with Gasteiger partial charge in [0.2, 0.25) is 0 Å². The highest BCUT2D eigenvalue weighted by atomic mass is 35.5. The fourth-order valence-corrected chi connectivity index (χ4v) is 3.36. The molecule has 1 N–H and O–H groups in total. The monoisotopic (exact) mass is 346 g/mol. The lowest BCUT2D eigenvalue weighted by atomic mass is 10.0. The summed E-state index contributed by atoms with van der Waals surface area (Å²) in [6.45, 7) is 4.31. The molecule has 0 radical (unpaired) electrons. The first-order chi connectivity index (χ1) is 11.6. The third-order valence-electron chi connectivity index (χ3n) is 4.67. The van der Waals surface area contributed by atoms with E-state index in [1.54, 1.807) is 4.68 Å². The largest absolute Gasteiger partial charge is 0.330 e. The molecule has 1 aromatic carbocycles. The Labute approximate surface area is 147 Å². The zero-order valence-corrected chi connectivity index (χ0v) is 14.9. The molecule has 2 aromatic rings.